The zero-order valence-electron chi connectivity index (χ0n) is 13.9. The van der Waals surface area contributed by atoms with Crippen LogP contribution in [0.3, 0.4) is 0 Å². The number of hydrogen-bond acceptors (Lipinski definition) is 4. The van der Waals surface area contributed by atoms with E-state index >= 15 is 0 Å². The van der Waals surface area contributed by atoms with Gasteiger partial charge in [0.2, 0.25) is 0 Å². The van der Waals surface area contributed by atoms with Gasteiger partial charge in [0, 0.05) is 11.6 Å². The van der Waals surface area contributed by atoms with Crippen LogP contribution in [0, 0.1) is 11.8 Å². The number of ether oxygens (including phenoxy) is 1. The van der Waals surface area contributed by atoms with Crippen LogP contribution in [0.1, 0.15) is 25.3 Å². The summed E-state index contributed by atoms with van der Waals surface area (Å²) in [6.45, 7) is 1.42. The summed E-state index contributed by atoms with van der Waals surface area (Å²) >= 11 is 5.33. The number of fused-ring (bicyclic) bond motifs is 2. The molecule has 7 heteroatoms. The molecule has 3 atom stereocenters. The molecule has 132 valence electrons. The van der Waals surface area contributed by atoms with Crippen LogP contribution in [0.15, 0.2) is 41.5 Å². The average Bonchev–Trinajstić information content (AvgIpc) is 3.21. The highest BCUT2D eigenvalue weighted by molar-refractivity contribution is 7.80. The molecule has 0 spiro atoms. The molecule has 1 aromatic carbocycles. The minimum absolute atomic E-state index is 0.372. The summed E-state index contributed by atoms with van der Waals surface area (Å²) in [6, 6.07) is 7.55. The highest BCUT2D eigenvalue weighted by atomic mass is 32.1. The van der Waals surface area contributed by atoms with Gasteiger partial charge in [-0.2, -0.15) is 5.10 Å². The van der Waals surface area contributed by atoms with Crippen molar-refractivity contribution in [1.29, 1.82) is 0 Å². The summed E-state index contributed by atoms with van der Waals surface area (Å²) in [7, 11) is 0. The number of thiocarbonyl (C=S) groups is 1. The van der Waals surface area contributed by atoms with Gasteiger partial charge in [0.05, 0.1) is 5.71 Å². The number of hydrazone groups is 1. The Kier molecular flexibility index (Phi) is 5.33. The third kappa shape index (κ3) is 4.36. The van der Waals surface area contributed by atoms with E-state index in [1.807, 2.05) is 19.1 Å². The van der Waals surface area contributed by atoms with E-state index in [0.29, 0.717) is 34.5 Å². The van der Waals surface area contributed by atoms with Crippen molar-refractivity contribution in [1.82, 2.24) is 10.7 Å². The third-order valence-electron chi connectivity index (χ3n) is 4.55. The lowest BCUT2D eigenvalue weighted by molar-refractivity contribution is -0.139. The van der Waals surface area contributed by atoms with E-state index in [1.165, 1.54) is 6.42 Å². The van der Waals surface area contributed by atoms with Crippen molar-refractivity contribution >= 4 is 29.0 Å². The first-order chi connectivity index (χ1) is 12.0. The van der Waals surface area contributed by atoms with Crippen LogP contribution in [0.25, 0.3) is 0 Å². The summed E-state index contributed by atoms with van der Waals surface area (Å²) in [4.78, 5) is 10.7. The number of carbonyl (C=O) groups is 1. The fourth-order valence-corrected chi connectivity index (χ4v) is 3.57. The van der Waals surface area contributed by atoms with Gasteiger partial charge in [-0.1, -0.05) is 24.3 Å². The molecule has 3 rings (SSSR count). The number of benzene rings is 1. The Labute approximate surface area is 152 Å². The van der Waals surface area contributed by atoms with Gasteiger partial charge < -0.3 is 15.2 Å². The van der Waals surface area contributed by atoms with Crippen LogP contribution in [-0.2, 0) is 4.79 Å². The van der Waals surface area contributed by atoms with E-state index in [9.17, 15) is 4.79 Å². The molecule has 1 saturated carbocycles. The quantitative estimate of drug-likeness (QED) is 0.313. The predicted octanol–water partition coefficient (Wildman–Crippen LogP) is 2.30. The minimum Gasteiger partial charge on any atom is -0.481 e. The maximum absolute atomic E-state index is 10.7. The highest BCUT2D eigenvalue weighted by Crippen LogP contribution is 2.38. The van der Waals surface area contributed by atoms with Crippen molar-refractivity contribution < 1.29 is 14.6 Å². The largest absolute Gasteiger partial charge is 0.481 e. The monoisotopic (exact) mass is 359 g/mol. The SMILES string of the molecule is C/C(=N/NC(=S)N[C@@H]1C[C@H]2C=C[C@H]1C2)c1ccccc1OCC(=O)O. The van der Waals surface area contributed by atoms with Crippen LogP contribution in [-0.4, -0.2) is 34.5 Å². The molecule has 1 aromatic rings. The Balaban J connectivity index is 1.58. The van der Waals surface area contributed by atoms with Crippen molar-refractivity contribution in [2.45, 2.75) is 25.8 Å². The van der Waals surface area contributed by atoms with Crippen molar-refractivity contribution in [2.75, 3.05) is 6.61 Å². The molecule has 0 radical (unpaired) electrons. The molecule has 1 fully saturated rings. The molecule has 0 unspecified atom stereocenters. The van der Waals surface area contributed by atoms with Crippen LogP contribution < -0.4 is 15.5 Å². The van der Waals surface area contributed by atoms with E-state index in [-0.39, 0.29) is 0 Å². The molecule has 0 aromatic heterocycles. The van der Waals surface area contributed by atoms with Gasteiger partial charge in [-0.15, -0.1) is 0 Å². The van der Waals surface area contributed by atoms with E-state index in [1.54, 1.807) is 12.1 Å². The molecular weight excluding hydrogens is 338 g/mol. The Morgan fingerprint density at radius 3 is 2.84 bits per heavy atom. The average molecular weight is 359 g/mol. The molecule has 0 saturated heterocycles. The number of rotatable bonds is 6. The molecule has 0 heterocycles. The standard InChI is InChI=1S/C18H21N3O3S/c1-11(14-4-2-3-5-16(14)24-10-17(22)23)20-21-18(25)19-15-9-12-6-7-13(15)8-12/h2-7,12-13,15H,8-10H2,1H3,(H,22,23)(H2,19,21,25)/b20-11-/t12-,13-,15+/m0/s1. The molecular formula is C18H21N3O3S. The summed E-state index contributed by atoms with van der Waals surface area (Å²) < 4.78 is 5.30. The second-order valence-electron chi connectivity index (χ2n) is 6.35. The smallest absolute Gasteiger partial charge is 0.341 e. The first-order valence-corrected chi connectivity index (χ1v) is 8.67. The Morgan fingerprint density at radius 2 is 2.16 bits per heavy atom. The van der Waals surface area contributed by atoms with Crippen LogP contribution in [0.4, 0.5) is 0 Å². The topological polar surface area (TPSA) is 83.0 Å². The molecule has 6 nitrogen and oxygen atoms in total. The fraction of sp³-hybridized carbons (Fsp3) is 0.389. The van der Waals surface area contributed by atoms with E-state index in [4.69, 9.17) is 22.1 Å². The van der Waals surface area contributed by atoms with Gasteiger partial charge in [0.1, 0.15) is 5.75 Å². The zero-order valence-corrected chi connectivity index (χ0v) is 14.8. The van der Waals surface area contributed by atoms with Crippen LogP contribution >= 0.6 is 12.2 Å². The second kappa shape index (κ2) is 7.65. The first-order valence-electron chi connectivity index (χ1n) is 8.26. The van der Waals surface area contributed by atoms with Crippen molar-refractivity contribution in [3.8, 4) is 5.75 Å². The van der Waals surface area contributed by atoms with E-state index in [2.05, 4.69) is 28.0 Å². The Morgan fingerprint density at radius 1 is 1.36 bits per heavy atom. The third-order valence-corrected chi connectivity index (χ3v) is 4.76. The molecule has 2 aliphatic carbocycles. The summed E-state index contributed by atoms with van der Waals surface area (Å²) in [5, 5.41) is 16.9. The second-order valence-corrected chi connectivity index (χ2v) is 6.76. The first kappa shape index (κ1) is 17.4. The summed E-state index contributed by atoms with van der Waals surface area (Å²) in [6.07, 6.45) is 6.86. The minimum atomic E-state index is -1.02. The summed E-state index contributed by atoms with van der Waals surface area (Å²) in [5.41, 5.74) is 4.26. The zero-order chi connectivity index (χ0) is 17.8. The van der Waals surface area contributed by atoms with E-state index < -0.39 is 12.6 Å². The van der Waals surface area contributed by atoms with Crippen molar-refractivity contribution in [2.24, 2.45) is 16.9 Å². The van der Waals surface area contributed by atoms with Gasteiger partial charge in [-0.25, -0.2) is 4.79 Å². The molecule has 2 aliphatic rings. The number of aliphatic carboxylic acids is 1. The normalized spacial score (nSPS) is 24.2. The van der Waals surface area contributed by atoms with Crippen LogP contribution in [0.5, 0.6) is 5.75 Å². The number of hydrogen-bond donors (Lipinski definition) is 3. The lowest BCUT2D eigenvalue weighted by Gasteiger charge is -2.21. The predicted molar refractivity (Wildman–Crippen MR) is 99.8 cm³/mol. The number of carboxylic acid groups (broad SMARTS) is 1. The number of carboxylic acids is 1. The molecule has 0 amide bonds. The summed E-state index contributed by atoms with van der Waals surface area (Å²) in [5.74, 6) is 0.687. The van der Waals surface area contributed by atoms with Gasteiger partial charge in [0.25, 0.3) is 0 Å². The maximum atomic E-state index is 10.7. The molecule has 25 heavy (non-hydrogen) atoms. The lowest BCUT2D eigenvalue weighted by atomic mass is 10.0. The number of nitrogens with one attached hydrogen (secondary N) is 2. The fourth-order valence-electron chi connectivity index (χ4n) is 3.37. The van der Waals surface area contributed by atoms with Crippen molar-refractivity contribution in [3.05, 3.63) is 42.0 Å². The lowest BCUT2D eigenvalue weighted by Crippen LogP contribution is -2.42. The van der Waals surface area contributed by atoms with Gasteiger partial charge >= 0.3 is 5.97 Å². The maximum Gasteiger partial charge on any atom is 0.341 e. The number of allylic oxidation sites excluding steroid dienone is 1. The van der Waals surface area contributed by atoms with Gasteiger partial charge in [-0.3, -0.25) is 5.43 Å². The highest BCUT2D eigenvalue weighted by Gasteiger charge is 2.35. The Bertz CT molecular complexity index is 732. The molecule has 0 aliphatic heterocycles. The molecule has 3 N–H and O–H groups in total. The molecule has 2 bridgehead atoms. The number of nitrogens with zero attached hydrogens (tertiary/aromatic N) is 1. The Hall–Kier alpha value is -2.41. The van der Waals surface area contributed by atoms with Gasteiger partial charge in [-0.05, 0) is 56.0 Å². The van der Waals surface area contributed by atoms with Crippen LogP contribution in [0.2, 0.25) is 0 Å². The number of para-hydroxylation sites is 1. The van der Waals surface area contributed by atoms with Crippen molar-refractivity contribution in [3.63, 3.8) is 0 Å². The van der Waals surface area contributed by atoms with Gasteiger partial charge in [0.15, 0.2) is 11.7 Å². The van der Waals surface area contributed by atoms with E-state index in [0.717, 1.165) is 12.0 Å².